The van der Waals surface area contributed by atoms with Gasteiger partial charge in [-0.05, 0) is 43.7 Å². The van der Waals surface area contributed by atoms with Gasteiger partial charge in [0.05, 0.1) is 5.41 Å². The molecule has 17 heavy (non-hydrogen) atoms. The molecule has 0 bridgehead atoms. The Morgan fingerprint density at radius 3 is 2.12 bits per heavy atom. The van der Waals surface area contributed by atoms with Crippen LogP contribution in [0, 0.1) is 0 Å². The second kappa shape index (κ2) is 4.09. The molecular formula is C14H15NO2. The van der Waals surface area contributed by atoms with Crippen molar-refractivity contribution in [2.24, 2.45) is 0 Å². The zero-order chi connectivity index (χ0) is 12.5. The maximum Gasteiger partial charge on any atom is 0.313 e. The second-order valence-corrected chi connectivity index (χ2v) is 4.57. The molecule has 0 amide bonds. The van der Waals surface area contributed by atoms with Crippen LogP contribution in [0.2, 0.25) is 0 Å². The van der Waals surface area contributed by atoms with Gasteiger partial charge >= 0.3 is 5.97 Å². The highest BCUT2D eigenvalue weighted by Gasteiger charge is 2.29. The van der Waals surface area contributed by atoms with Gasteiger partial charge in [0.2, 0.25) is 0 Å². The Labute approximate surface area is 100 Å². The highest BCUT2D eigenvalue weighted by Crippen LogP contribution is 2.24. The molecule has 3 nitrogen and oxygen atoms in total. The third kappa shape index (κ3) is 2.09. The van der Waals surface area contributed by atoms with E-state index in [2.05, 4.69) is 0 Å². The fourth-order valence-corrected chi connectivity index (χ4v) is 1.68. The van der Waals surface area contributed by atoms with Crippen molar-refractivity contribution in [1.82, 2.24) is 4.57 Å². The number of carboxylic acids is 1. The Morgan fingerprint density at radius 1 is 1.12 bits per heavy atom. The third-order valence-corrected chi connectivity index (χ3v) is 3.03. The predicted molar refractivity (Wildman–Crippen MR) is 66.4 cm³/mol. The van der Waals surface area contributed by atoms with E-state index in [4.69, 9.17) is 5.11 Å². The molecule has 0 aliphatic carbocycles. The summed E-state index contributed by atoms with van der Waals surface area (Å²) in [5.74, 6) is -0.814. The molecule has 0 unspecified atom stereocenters. The lowest BCUT2D eigenvalue weighted by molar-refractivity contribution is -0.142. The van der Waals surface area contributed by atoms with Gasteiger partial charge in [-0.25, -0.2) is 0 Å². The zero-order valence-corrected chi connectivity index (χ0v) is 9.92. The molecule has 2 rings (SSSR count). The van der Waals surface area contributed by atoms with Crippen molar-refractivity contribution in [2.75, 3.05) is 0 Å². The van der Waals surface area contributed by atoms with Crippen molar-refractivity contribution in [3.8, 4) is 5.69 Å². The first-order valence-corrected chi connectivity index (χ1v) is 5.49. The smallest absolute Gasteiger partial charge is 0.313 e. The van der Waals surface area contributed by atoms with Gasteiger partial charge in [0.15, 0.2) is 0 Å². The summed E-state index contributed by atoms with van der Waals surface area (Å²) in [5.41, 5.74) is 0.982. The van der Waals surface area contributed by atoms with Gasteiger partial charge in [0.1, 0.15) is 0 Å². The van der Waals surface area contributed by atoms with E-state index in [0.29, 0.717) is 0 Å². The zero-order valence-electron chi connectivity index (χ0n) is 9.92. The highest BCUT2D eigenvalue weighted by molar-refractivity contribution is 5.80. The first kappa shape index (κ1) is 11.5. The largest absolute Gasteiger partial charge is 0.481 e. The molecule has 1 aromatic carbocycles. The molecule has 2 aromatic rings. The van der Waals surface area contributed by atoms with Crippen molar-refractivity contribution >= 4 is 5.97 Å². The van der Waals surface area contributed by atoms with E-state index in [9.17, 15) is 4.79 Å². The van der Waals surface area contributed by atoms with Crippen LogP contribution >= 0.6 is 0 Å². The van der Waals surface area contributed by atoms with Crippen LogP contribution in [0.4, 0.5) is 0 Å². The standard InChI is InChI=1S/C14H15NO2/c1-14(2,13(16)17)11-5-7-12(8-6-11)15-9-3-4-10-15/h3-10H,1-2H3,(H,16,17). The van der Waals surface area contributed by atoms with E-state index < -0.39 is 11.4 Å². The Hall–Kier alpha value is -2.03. The second-order valence-electron chi connectivity index (χ2n) is 4.57. The van der Waals surface area contributed by atoms with Crippen LogP contribution in [-0.4, -0.2) is 15.6 Å². The van der Waals surface area contributed by atoms with E-state index in [0.717, 1.165) is 11.3 Å². The van der Waals surface area contributed by atoms with Crippen LogP contribution in [-0.2, 0) is 10.2 Å². The molecule has 0 spiro atoms. The predicted octanol–water partition coefficient (Wildman–Crippen LogP) is 2.84. The molecular weight excluding hydrogens is 214 g/mol. The van der Waals surface area contributed by atoms with Gasteiger partial charge in [-0.2, -0.15) is 0 Å². The number of nitrogens with zero attached hydrogens (tertiary/aromatic N) is 1. The quantitative estimate of drug-likeness (QED) is 0.879. The van der Waals surface area contributed by atoms with E-state index in [1.807, 2.05) is 53.4 Å². The Balaban J connectivity index is 2.34. The summed E-state index contributed by atoms with van der Waals surface area (Å²) >= 11 is 0. The average Bonchev–Trinajstić information content (AvgIpc) is 2.82. The molecule has 3 heteroatoms. The molecule has 0 saturated carbocycles. The lowest BCUT2D eigenvalue weighted by Gasteiger charge is -2.19. The SMILES string of the molecule is CC(C)(C(=O)O)c1ccc(-n2cccc2)cc1. The summed E-state index contributed by atoms with van der Waals surface area (Å²) in [6, 6.07) is 11.5. The van der Waals surface area contributed by atoms with E-state index >= 15 is 0 Å². The molecule has 0 fully saturated rings. The molecule has 1 N–H and O–H groups in total. The number of rotatable bonds is 3. The van der Waals surface area contributed by atoms with Gasteiger partial charge in [0, 0.05) is 18.1 Å². The molecule has 88 valence electrons. The minimum Gasteiger partial charge on any atom is -0.481 e. The van der Waals surface area contributed by atoms with Gasteiger partial charge in [-0.1, -0.05) is 12.1 Å². The summed E-state index contributed by atoms with van der Waals surface area (Å²) < 4.78 is 1.98. The van der Waals surface area contributed by atoms with Crippen molar-refractivity contribution in [2.45, 2.75) is 19.3 Å². The minimum atomic E-state index is -0.852. The maximum absolute atomic E-state index is 11.1. The number of carbonyl (C=O) groups is 1. The summed E-state index contributed by atoms with van der Waals surface area (Å²) in [6.07, 6.45) is 3.91. The Bertz CT molecular complexity index is 510. The van der Waals surface area contributed by atoms with Gasteiger partial charge in [-0.15, -0.1) is 0 Å². The topological polar surface area (TPSA) is 42.2 Å². The van der Waals surface area contributed by atoms with Crippen molar-refractivity contribution in [1.29, 1.82) is 0 Å². The van der Waals surface area contributed by atoms with Crippen LogP contribution in [0.25, 0.3) is 5.69 Å². The van der Waals surface area contributed by atoms with Crippen molar-refractivity contribution < 1.29 is 9.90 Å². The molecule has 1 aromatic heterocycles. The van der Waals surface area contributed by atoms with Crippen molar-refractivity contribution in [3.63, 3.8) is 0 Å². The fourth-order valence-electron chi connectivity index (χ4n) is 1.68. The van der Waals surface area contributed by atoms with Gasteiger partial charge < -0.3 is 9.67 Å². The number of aromatic nitrogens is 1. The van der Waals surface area contributed by atoms with Gasteiger partial charge in [-0.3, -0.25) is 4.79 Å². The van der Waals surface area contributed by atoms with Crippen LogP contribution < -0.4 is 0 Å². The minimum absolute atomic E-state index is 0.806. The Morgan fingerprint density at radius 2 is 1.65 bits per heavy atom. The molecule has 0 aliphatic rings. The normalized spacial score (nSPS) is 11.4. The fraction of sp³-hybridized carbons (Fsp3) is 0.214. The molecule has 0 aliphatic heterocycles. The Kier molecular flexibility index (Phi) is 2.76. The van der Waals surface area contributed by atoms with Crippen LogP contribution in [0.1, 0.15) is 19.4 Å². The number of benzene rings is 1. The lowest BCUT2D eigenvalue weighted by atomic mass is 9.85. The molecule has 0 saturated heterocycles. The number of hydrogen-bond donors (Lipinski definition) is 1. The van der Waals surface area contributed by atoms with Crippen LogP contribution in [0.5, 0.6) is 0 Å². The van der Waals surface area contributed by atoms with Crippen LogP contribution in [0.15, 0.2) is 48.8 Å². The van der Waals surface area contributed by atoms with Gasteiger partial charge in [0.25, 0.3) is 0 Å². The van der Waals surface area contributed by atoms with E-state index in [-0.39, 0.29) is 0 Å². The number of carboxylic acid groups (broad SMARTS) is 1. The first-order chi connectivity index (χ1) is 8.01. The summed E-state index contributed by atoms with van der Waals surface area (Å²) in [5, 5.41) is 9.14. The summed E-state index contributed by atoms with van der Waals surface area (Å²) in [7, 11) is 0. The first-order valence-electron chi connectivity index (χ1n) is 5.49. The maximum atomic E-state index is 11.1. The highest BCUT2D eigenvalue weighted by atomic mass is 16.4. The monoisotopic (exact) mass is 229 g/mol. The molecule has 0 atom stereocenters. The number of hydrogen-bond acceptors (Lipinski definition) is 1. The summed E-state index contributed by atoms with van der Waals surface area (Å²) in [4.78, 5) is 11.1. The summed E-state index contributed by atoms with van der Waals surface area (Å²) in [6.45, 7) is 3.42. The van der Waals surface area contributed by atoms with E-state index in [1.165, 1.54) is 0 Å². The number of aliphatic carboxylic acids is 1. The third-order valence-electron chi connectivity index (χ3n) is 3.03. The van der Waals surface area contributed by atoms with Crippen LogP contribution in [0.3, 0.4) is 0 Å². The molecule has 0 radical (unpaired) electrons. The lowest BCUT2D eigenvalue weighted by Crippen LogP contribution is -2.28. The van der Waals surface area contributed by atoms with E-state index in [1.54, 1.807) is 13.8 Å². The molecule has 1 heterocycles. The average molecular weight is 229 g/mol. The van der Waals surface area contributed by atoms with Crippen molar-refractivity contribution in [3.05, 3.63) is 54.4 Å².